The molecular weight excluding hydrogens is 186 g/mol. The van der Waals surface area contributed by atoms with Gasteiger partial charge >= 0.3 is 0 Å². The van der Waals surface area contributed by atoms with Gasteiger partial charge in [-0.15, -0.1) is 0 Å². The molecule has 1 aromatic heterocycles. The molecule has 2 heteroatoms. The normalized spacial score (nSPS) is 10.2. The number of hydrogen-bond acceptors (Lipinski definition) is 1. The van der Waals surface area contributed by atoms with Crippen molar-refractivity contribution in [3.63, 3.8) is 0 Å². The highest BCUT2D eigenvalue weighted by Crippen LogP contribution is 2.20. The summed E-state index contributed by atoms with van der Waals surface area (Å²) in [5, 5.41) is 1.19. The topological polar surface area (TPSA) is 32.9 Å². The van der Waals surface area contributed by atoms with Crippen LogP contribution in [0.3, 0.4) is 0 Å². The van der Waals surface area contributed by atoms with Gasteiger partial charge in [0.1, 0.15) is 5.94 Å². The standard InChI is InChI=1S/C13H13NO/c1-2-10(9-15)7-11-8-14-13-6-4-3-5-12(11)13/h3-6,8,14H,2,7H2,1H3. The van der Waals surface area contributed by atoms with Gasteiger partial charge in [-0.3, -0.25) is 0 Å². The summed E-state index contributed by atoms with van der Waals surface area (Å²) in [4.78, 5) is 13.8. The van der Waals surface area contributed by atoms with Crippen molar-refractivity contribution in [1.29, 1.82) is 0 Å². The Balaban J connectivity index is 2.40. The molecule has 1 aromatic carbocycles. The molecular formula is C13H13NO. The van der Waals surface area contributed by atoms with E-state index in [0.717, 1.165) is 17.5 Å². The van der Waals surface area contributed by atoms with Gasteiger partial charge in [-0.1, -0.05) is 25.1 Å². The third kappa shape index (κ3) is 1.85. The number of fused-ring (bicyclic) bond motifs is 1. The lowest BCUT2D eigenvalue weighted by Crippen LogP contribution is -1.88. The second-order valence-electron chi connectivity index (χ2n) is 3.60. The predicted octanol–water partition coefficient (Wildman–Crippen LogP) is 2.88. The van der Waals surface area contributed by atoms with Gasteiger partial charge in [-0.05, 0) is 18.1 Å². The third-order valence-corrected chi connectivity index (χ3v) is 2.65. The van der Waals surface area contributed by atoms with Crippen molar-refractivity contribution in [3.05, 3.63) is 41.6 Å². The summed E-state index contributed by atoms with van der Waals surface area (Å²) >= 11 is 0. The molecule has 0 aliphatic carbocycles. The predicted molar refractivity (Wildman–Crippen MR) is 61.5 cm³/mol. The fraction of sp³-hybridized carbons (Fsp3) is 0.231. The summed E-state index contributed by atoms with van der Waals surface area (Å²) in [5.41, 5.74) is 3.11. The Labute approximate surface area is 88.6 Å². The maximum atomic E-state index is 10.6. The molecule has 0 radical (unpaired) electrons. The van der Waals surface area contributed by atoms with Crippen LogP contribution in [0.15, 0.2) is 36.0 Å². The molecule has 0 atom stereocenters. The summed E-state index contributed by atoms with van der Waals surface area (Å²) in [6.45, 7) is 1.98. The second-order valence-corrected chi connectivity index (χ2v) is 3.60. The molecule has 1 heterocycles. The van der Waals surface area contributed by atoms with Crippen molar-refractivity contribution < 1.29 is 4.79 Å². The Morgan fingerprint density at radius 1 is 1.40 bits per heavy atom. The van der Waals surface area contributed by atoms with E-state index in [9.17, 15) is 4.79 Å². The molecule has 0 bridgehead atoms. The molecule has 0 saturated carbocycles. The summed E-state index contributed by atoms with van der Waals surface area (Å²) in [7, 11) is 0. The summed E-state index contributed by atoms with van der Waals surface area (Å²) < 4.78 is 0. The maximum Gasteiger partial charge on any atom is 0.123 e. The number of carbonyl (C=O) groups excluding carboxylic acids is 1. The van der Waals surface area contributed by atoms with Crippen molar-refractivity contribution in [2.45, 2.75) is 19.8 Å². The van der Waals surface area contributed by atoms with Crippen molar-refractivity contribution in [2.75, 3.05) is 0 Å². The van der Waals surface area contributed by atoms with E-state index in [1.165, 1.54) is 10.9 Å². The number of hydrogen-bond donors (Lipinski definition) is 1. The molecule has 0 amide bonds. The Bertz CT molecular complexity index is 518. The highest BCUT2D eigenvalue weighted by atomic mass is 16.1. The zero-order valence-corrected chi connectivity index (χ0v) is 8.71. The Hall–Kier alpha value is -1.79. The van der Waals surface area contributed by atoms with Crippen LogP contribution in [0.1, 0.15) is 18.9 Å². The molecule has 1 N–H and O–H groups in total. The van der Waals surface area contributed by atoms with Crippen LogP contribution in [0.25, 0.3) is 10.9 Å². The van der Waals surface area contributed by atoms with Crippen LogP contribution in [0.5, 0.6) is 0 Å². The van der Waals surface area contributed by atoms with Crippen molar-refractivity contribution in [3.8, 4) is 0 Å². The van der Waals surface area contributed by atoms with Gasteiger partial charge in [-0.25, -0.2) is 4.79 Å². The van der Waals surface area contributed by atoms with E-state index in [1.807, 2.05) is 37.3 Å². The van der Waals surface area contributed by atoms with Crippen LogP contribution in [0.2, 0.25) is 0 Å². The highest BCUT2D eigenvalue weighted by molar-refractivity contribution is 5.83. The van der Waals surface area contributed by atoms with Gasteiger partial charge in [0, 0.05) is 29.1 Å². The lowest BCUT2D eigenvalue weighted by Gasteiger charge is -1.98. The Kier molecular flexibility index (Phi) is 2.70. The minimum Gasteiger partial charge on any atom is -0.361 e. The van der Waals surface area contributed by atoms with Crippen molar-refractivity contribution in [1.82, 2.24) is 4.98 Å². The zero-order valence-electron chi connectivity index (χ0n) is 8.71. The van der Waals surface area contributed by atoms with Gasteiger partial charge in [0.2, 0.25) is 0 Å². The summed E-state index contributed by atoms with van der Waals surface area (Å²) in [5.74, 6) is 2.01. The monoisotopic (exact) mass is 199 g/mol. The molecule has 2 nitrogen and oxygen atoms in total. The van der Waals surface area contributed by atoms with Gasteiger partial charge < -0.3 is 4.98 Å². The summed E-state index contributed by atoms with van der Waals surface area (Å²) in [6, 6.07) is 8.11. The number of rotatable bonds is 3. The average molecular weight is 199 g/mol. The molecule has 0 saturated heterocycles. The molecule has 76 valence electrons. The van der Waals surface area contributed by atoms with Crippen LogP contribution in [0, 0.1) is 0 Å². The fourth-order valence-corrected chi connectivity index (χ4v) is 1.74. The molecule has 15 heavy (non-hydrogen) atoms. The number of aromatic nitrogens is 1. The van der Waals surface area contributed by atoms with Gasteiger partial charge in [0.05, 0.1) is 0 Å². The minimum absolute atomic E-state index is 0.698. The molecule has 0 fully saturated rings. The molecule has 2 aromatic rings. The SMILES string of the molecule is CCC(=C=O)Cc1c[nH]c2ccccc12. The van der Waals surface area contributed by atoms with E-state index >= 15 is 0 Å². The van der Waals surface area contributed by atoms with E-state index in [-0.39, 0.29) is 0 Å². The Morgan fingerprint density at radius 2 is 2.20 bits per heavy atom. The third-order valence-electron chi connectivity index (χ3n) is 2.65. The van der Waals surface area contributed by atoms with Crippen LogP contribution in [-0.4, -0.2) is 10.9 Å². The number of allylic oxidation sites excluding steroid dienone is 1. The summed E-state index contributed by atoms with van der Waals surface area (Å²) in [6.07, 6.45) is 3.44. The Morgan fingerprint density at radius 3 is 2.93 bits per heavy atom. The zero-order chi connectivity index (χ0) is 10.7. The average Bonchev–Trinajstić information content (AvgIpc) is 2.69. The first-order valence-electron chi connectivity index (χ1n) is 5.13. The van der Waals surface area contributed by atoms with Crippen LogP contribution >= 0.6 is 0 Å². The maximum absolute atomic E-state index is 10.6. The van der Waals surface area contributed by atoms with Gasteiger partial charge in [0.25, 0.3) is 0 Å². The number of nitrogens with one attached hydrogen (secondary N) is 1. The van der Waals surface area contributed by atoms with Crippen LogP contribution in [-0.2, 0) is 11.2 Å². The first kappa shape index (κ1) is 9.75. The van der Waals surface area contributed by atoms with E-state index in [1.54, 1.807) is 0 Å². The van der Waals surface area contributed by atoms with Gasteiger partial charge in [-0.2, -0.15) is 0 Å². The quantitative estimate of drug-likeness (QED) is 0.757. The lowest BCUT2D eigenvalue weighted by molar-refractivity contribution is 0.565. The van der Waals surface area contributed by atoms with E-state index in [4.69, 9.17) is 0 Å². The number of benzene rings is 1. The molecule has 0 spiro atoms. The van der Waals surface area contributed by atoms with Gasteiger partial charge in [0.15, 0.2) is 0 Å². The van der Waals surface area contributed by atoms with E-state index in [0.29, 0.717) is 6.42 Å². The van der Waals surface area contributed by atoms with Crippen LogP contribution < -0.4 is 0 Å². The molecule has 0 unspecified atom stereocenters. The smallest absolute Gasteiger partial charge is 0.123 e. The first-order valence-corrected chi connectivity index (χ1v) is 5.13. The second kappa shape index (κ2) is 4.16. The van der Waals surface area contributed by atoms with Crippen LogP contribution in [0.4, 0.5) is 0 Å². The molecule has 0 aliphatic rings. The molecule has 0 aliphatic heterocycles. The lowest BCUT2D eigenvalue weighted by atomic mass is 10.0. The minimum atomic E-state index is 0.698. The van der Waals surface area contributed by atoms with E-state index in [2.05, 4.69) is 11.1 Å². The fourth-order valence-electron chi connectivity index (χ4n) is 1.74. The number of aromatic amines is 1. The number of H-pyrrole nitrogens is 1. The largest absolute Gasteiger partial charge is 0.361 e. The molecule has 2 rings (SSSR count). The first-order chi connectivity index (χ1) is 7.35. The van der Waals surface area contributed by atoms with E-state index < -0.39 is 0 Å². The van der Waals surface area contributed by atoms with Crippen molar-refractivity contribution in [2.24, 2.45) is 0 Å². The highest BCUT2D eigenvalue weighted by Gasteiger charge is 2.04. The number of para-hydroxylation sites is 1. The van der Waals surface area contributed by atoms with Crippen molar-refractivity contribution >= 4 is 16.8 Å².